The fourth-order valence-corrected chi connectivity index (χ4v) is 4.33. The summed E-state index contributed by atoms with van der Waals surface area (Å²) < 4.78 is 1.91. The van der Waals surface area contributed by atoms with E-state index in [-0.39, 0.29) is 5.91 Å². The van der Waals surface area contributed by atoms with E-state index in [2.05, 4.69) is 28.0 Å². The van der Waals surface area contributed by atoms with E-state index in [1.165, 1.54) is 12.8 Å². The Labute approximate surface area is 149 Å². The lowest BCUT2D eigenvalue weighted by atomic mass is 9.96. The Morgan fingerprint density at radius 3 is 2.68 bits per heavy atom. The van der Waals surface area contributed by atoms with Gasteiger partial charge in [-0.15, -0.1) is 0 Å². The normalized spacial score (nSPS) is 23.7. The van der Waals surface area contributed by atoms with E-state index in [1.54, 1.807) is 0 Å². The second kappa shape index (κ2) is 6.30. The maximum Gasteiger partial charge on any atom is 0.253 e. The van der Waals surface area contributed by atoms with Gasteiger partial charge < -0.3 is 9.80 Å². The lowest BCUT2D eigenvalue weighted by molar-refractivity contribution is 0.0742. The minimum absolute atomic E-state index is 0.149. The Kier molecular flexibility index (Phi) is 4.12. The van der Waals surface area contributed by atoms with Gasteiger partial charge in [0, 0.05) is 36.9 Å². The summed E-state index contributed by atoms with van der Waals surface area (Å²) in [6, 6.07) is 10.4. The molecule has 3 fully saturated rings. The molecule has 0 spiro atoms. The van der Waals surface area contributed by atoms with Crippen molar-refractivity contribution >= 4 is 5.91 Å². The zero-order chi connectivity index (χ0) is 17.6. The van der Waals surface area contributed by atoms with Crippen LogP contribution >= 0.6 is 0 Å². The molecular formula is C20H26N4O. The molecule has 3 aliphatic rings. The van der Waals surface area contributed by atoms with Gasteiger partial charge in [0.1, 0.15) is 0 Å². The molecule has 4 heterocycles. The maximum atomic E-state index is 13.1. The first kappa shape index (κ1) is 16.3. The smallest absolute Gasteiger partial charge is 0.253 e. The van der Waals surface area contributed by atoms with Crippen LogP contribution in [0.3, 0.4) is 0 Å². The number of aromatic nitrogens is 2. The fraction of sp³-hybridized carbons (Fsp3) is 0.500. The van der Waals surface area contributed by atoms with Gasteiger partial charge in [-0.1, -0.05) is 6.07 Å². The maximum absolute atomic E-state index is 13.1. The molecule has 0 N–H and O–H groups in total. The summed E-state index contributed by atoms with van der Waals surface area (Å²) in [6.07, 6.45) is 2.45. The van der Waals surface area contributed by atoms with Crippen molar-refractivity contribution in [2.24, 2.45) is 5.92 Å². The molecule has 132 valence electrons. The molecule has 2 bridgehead atoms. The monoisotopic (exact) mass is 338 g/mol. The number of hydrogen-bond acceptors (Lipinski definition) is 3. The molecule has 1 aromatic heterocycles. The molecule has 3 saturated heterocycles. The Bertz CT molecular complexity index is 797. The van der Waals surface area contributed by atoms with Gasteiger partial charge in [0.05, 0.1) is 11.4 Å². The Morgan fingerprint density at radius 1 is 1.12 bits per heavy atom. The van der Waals surface area contributed by atoms with Crippen molar-refractivity contribution in [3.63, 3.8) is 0 Å². The topological polar surface area (TPSA) is 41.4 Å². The highest BCUT2D eigenvalue weighted by molar-refractivity contribution is 5.94. The second-order valence-electron chi connectivity index (χ2n) is 7.64. The highest BCUT2D eigenvalue weighted by Crippen LogP contribution is 2.27. The van der Waals surface area contributed by atoms with Crippen LogP contribution in [0, 0.1) is 19.8 Å². The van der Waals surface area contributed by atoms with Crippen LogP contribution in [0.25, 0.3) is 5.69 Å². The molecule has 2 aromatic rings. The molecule has 1 amide bonds. The fourth-order valence-electron chi connectivity index (χ4n) is 4.33. The summed E-state index contributed by atoms with van der Waals surface area (Å²) in [4.78, 5) is 17.6. The summed E-state index contributed by atoms with van der Waals surface area (Å²) in [5.41, 5.74) is 3.78. The molecule has 0 aliphatic carbocycles. The molecular weight excluding hydrogens is 312 g/mol. The molecule has 0 radical (unpaired) electrons. The molecule has 5 rings (SSSR count). The average Bonchev–Trinajstić information content (AvgIpc) is 2.76. The minimum Gasteiger partial charge on any atom is -0.337 e. The van der Waals surface area contributed by atoms with Crippen LogP contribution in [0.5, 0.6) is 0 Å². The molecule has 0 unspecified atom stereocenters. The summed E-state index contributed by atoms with van der Waals surface area (Å²) >= 11 is 0. The summed E-state index contributed by atoms with van der Waals surface area (Å²) in [5, 5.41) is 4.54. The molecule has 2 atom stereocenters. The predicted octanol–water partition coefficient (Wildman–Crippen LogP) is 2.66. The molecule has 5 nitrogen and oxygen atoms in total. The number of amides is 1. The number of carbonyl (C=O) groups is 1. The van der Waals surface area contributed by atoms with Crippen LogP contribution in [0.15, 0.2) is 30.3 Å². The average molecular weight is 338 g/mol. The van der Waals surface area contributed by atoms with Gasteiger partial charge in [-0.25, -0.2) is 4.68 Å². The van der Waals surface area contributed by atoms with E-state index < -0.39 is 0 Å². The highest BCUT2D eigenvalue weighted by Gasteiger charge is 2.34. The molecule has 0 saturated carbocycles. The zero-order valence-electron chi connectivity index (χ0n) is 15.3. The van der Waals surface area contributed by atoms with Crippen LogP contribution in [0.2, 0.25) is 0 Å². The Balaban J connectivity index is 1.61. The first-order valence-electron chi connectivity index (χ1n) is 9.14. The third-order valence-corrected chi connectivity index (χ3v) is 5.62. The number of benzene rings is 1. The Morgan fingerprint density at radius 2 is 1.96 bits per heavy atom. The number of nitrogens with zero attached hydrogens (tertiary/aromatic N) is 4. The van der Waals surface area contributed by atoms with Gasteiger partial charge in [0.15, 0.2) is 0 Å². The van der Waals surface area contributed by atoms with E-state index in [0.717, 1.165) is 42.3 Å². The number of fused-ring (bicyclic) bond motifs is 4. The first-order valence-corrected chi connectivity index (χ1v) is 9.14. The first-order chi connectivity index (χ1) is 12.0. The van der Waals surface area contributed by atoms with Crippen molar-refractivity contribution in [2.75, 3.05) is 26.7 Å². The van der Waals surface area contributed by atoms with Crippen LogP contribution in [-0.2, 0) is 0 Å². The van der Waals surface area contributed by atoms with Crippen molar-refractivity contribution in [1.82, 2.24) is 19.6 Å². The van der Waals surface area contributed by atoms with Crippen LogP contribution in [0.1, 0.15) is 34.6 Å². The largest absolute Gasteiger partial charge is 0.337 e. The zero-order valence-corrected chi connectivity index (χ0v) is 15.3. The number of hydrogen-bond donors (Lipinski definition) is 0. The lowest BCUT2D eigenvalue weighted by Gasteiger charge is -2.32. The van der Waals surface area contributed by atoms with Gasteiger partial charge in [-0.2, -0.15) is 5.10 Å². The lowest BCUT2D eigenvalue weighted by Crippen LogP contribution is -2.41. The number of aryl methyl sites for hydroxylation is 2. The SMILES string of the molecule is Cc1cc(C)n(-c2cccc(C(=O)N3C[C@@H]4CC[C@H](C3)N(C)C4)c2)n1. The number of carbonyl (C=O) groups excluding carboxylic acids is 1. The van der Waals surface area contributed by atoms with E-state index >= 15 is 0 Å². The number of rotatable bonds is 2. The minimum atomic E-state index is 0.149. The van der Waals surface area contributed by atoms with Gasteiger partial charge >= 0.3 is 0 Å². The van der Waals surface area contributed by atoms with E-state index in [0.29, 0.717) is 12.0 Å². The Hall–Kier alpha value is -2.14. The van der Waals surface area contributed by atoms with Crippen molar-refractivity contribution in [2.45, 2.75) is 32.7 Å². The van der Waals surface area contributed by atoms with Crippen LogP contribution < -0.4 is 0 Å². The van der Waals surface area contributed by atoms with Gasteiger partial charge in [-0.3, -0.25) is 4.79 Å². The van der Waals surface area contributed by atoms with Crippen molar-refractivity contribution in [3.8, 4) is 5.69 Å². The summed E-state index contributed by atoms with van der Waals surface area (Å²) in [6.45, 7) is 6.86. The molecule has 5 heteroatoms. The number of piperidine rings is 1. The van der Waals surface area contributed by atoms with Crippen molar-refractivity contribution < 1.29 is 4.79 Å². The van der Waals surface area contributed by atoms with Gasteiger partial charge in [0.25, 0.3) is 5.91 Å². The third kappa shape index (κ3) is 3.09. The quantitative estimate of drug-likeness (QED) is 0.845. The van der Waals surface area contributed by atoms with Crippen LogP contribution in [-0.4, -0.2) is 58.2 Å². The second-order valence-corrected chi connectivity index (χ2v) is 7.64. The van der Waals surface area contributed by atoms with E-state index in [9.17, 15) is 4.79 Å². The van der Waals surface area contributed by atoms with Gasteiger partial charge in [0.2, 0.25) is 0 Å². The highest BCUT2D eigenvalue weighted by atomic mass is 16.2. The predicted molar refractivity (Wildman–Crippen MR) is 98.1 cm³/mol. The molecule has 25 heavy (non-hydrogen) atoms. The van der Waals surface area contributed by atoms with Crippen molar-refractivity contribution in [3.05, 3.63) is 47.3 Å². The summed E-state index contributed by atoms with van der Waals surface area (Å²) in [7, 11) is 2.19. The van der Waals surface area contributed by atoms with Crippen molar-refractivity contribution in [1.29, 1.82) is 0 Å². The number of likely N-dealkylation sites (N-methyl/N-ethyl adjacent to an activating group) is 1. The van der Waals surface area contributed by atoms with E-state index in [4.69, 9.17) is 0 Å². The third-order valence-electron chi connectivity index (χ3n) is 5.62. The molecule has 1 aromatic carbocycles. The summed E-state index contributed by atoms with van der Waals surface area (Å²) in [5.74, 6) is 0.752. The van der Waals surface area contributed by atoms with Gasteiger partial charge in [-0.05, 0) is 63.9 Å². The standard InChI is InChI=1S/C20H26N4O/c1-14-9-15(2)24(21-14)18-6-4-5-17(10-18)20(25)23-12-16-7-8-19(13-23)22(3)11-16/h4-6,9-10,16,19H,7-8,11-13H2,1-3H3/t16-,19-/m1/s1. The van der Waals surface area contributed by atoms with Crippen LogP contribution in [0.4, 0.5) is 0 Å². The molecule has 3 aliphatic heterocycles. The van der Waals surface area contributed by atoms with E-state index in [1.807, 2.05) is 42.8 Å².